The lowest BCUT2D eigenvalue weighted by molar-refractivity contribution is -0.149. The summed E-state index contributed by atoms with van der Waals surface area (Å²) in [5.41, 5.74) is -0.342. The highest BCUT2D eigenvalue weighted by Crippen LogP contribution is 2.56. The number of carbonyl (C=O) groups excluding carboxylic acids is 1. The number of cyclic esters (lactones) is 1. The molecule has 4 atom stereocenters. The quantitative estimate of drug-likeness (QED) is 0.684. The van der Waals surface area contributed by atoms with Crippen molar-refractivity contribution in [3.8, 4) is 0 Å². The third kappa shape index (κ3) is 1.57. The van der Waals surface area contributed by atoms with Crippen LogP contribution in [0.3, 0.4) is 0 Å². The van der Waals surface area contributed by atoms with Gasteiger partial charge < -0.3 is 4.74 Å². The van der Waals surface area contributed by atoms with Crippen molar-refractivity contribution in [2.45, 2.75) is 54.4 Å². The fraction of sp³-hybridized carbons (Fsp3) is 0.929. The van der Waals surface area contributed by atoms with Gasteiger partial charge in [0.2, 0.25) is 0 Å². The maximum atomic E-state index is 12.1. The highest BCUT2D eigenvalue weighted by molar-refractivity contribution is 5.80. The van der Waals surface area contributed by atoms with E-state index in [1.165, 1.54) is 0 Å². The van der Waals surface area contributed by atoms with Crippen molar-refractivity contribution >= 4 is 5.97 Å². The molecule has 4 unspecified atom stereocenters. The van der Waals surface area contributed by atoms with Gasteiger partial charge in [0.25, 0.3) is 0 Å². The summed E-state index contributed by atoms with van der Waals surface area (Å²) in [6.45, 7) is 13.7. The third-order valence-electron chi connectivity index (χ3n) is 5.41. The molecule has 0 aliphatic carbocycles. The Hall–Kier alpha value is -0.530. The molecular formula is C14H26O2. The van der Waals surface area contributed by atoms with Crippen LogP contribution in [0.5, 0.6) is 0 Å². The van der Waals surface area contributed by atoms with Crippen LogP contribution in [0.1, 0.15) is 54.4 Å². The molecule has 0 saturated carbocycles. The SMILES string of the molecule is CCC(C)C1(C)COC(=O)C1(C)C(C)CC. The molecule has 2 heteroatoms. The Labute approximate surface area is 99.8 Å². The van der Waals surface area contributed by atoms with E-state index in [1.54, 1.807) is 0 Å². The fourth-order valence-electron chi connectivity index (χ4n) is 3.03. The van der Waals surface area contributed by atoms with Gasteiger partial charge >= 0.3 is 5.97 Å². The van der Waals surface area contributed by atoms with Gasteiger partial charge in [0.15, 0.2) is 0 Å². The van der Waals surface area contributed by atoms with Gasteiger partial charge in [-0.15, -0.1) is 0 Å². The maximum absolute atomic E-state index is 12.1. The molecule has 2 nitrogen and oxygen atoms in total. The van der Waals surface area contributed by atoms with Crippen molar-refractivity contribution in [1.82, 2.24) is 0 Å². The van der Waals surface area contributed by atoms with Crippen LogP contribution in [0.25, 0.3) is 0 Å². The van der Waals surface area contributed by atoms with Crippen molar-refractivity contribution in [1.29, 1.82) is 0 Å². The Morgan fingerprint density at radius 2 is 1.69 bits per heavy atom. The number of hydrogen-bond donors (Lipinski definition) is 0. The first kappa shape index (κ1) is 13.5. The molecule has 0 radical (unpaired) electrons. The predicted octanol–water partition coefficient (Wildman–Crippen LogP) is 3.65. The highest BCUT2D eigenvalue weighted by Gasteiger charge is 2.60. The van der Waals surface area contributed by atoms with Gasteiger partial charge in [0.1, 0.15) is 0 Å². The summed E-state index contributed by atoms with van der Waals surface area (Å²) in [5.74, 6) is 0.893. The molecule has 16 heavy (non-hydrogen) atoms. The Morgan fingerprint density at radius 1 is 1.19 bits per heavy atom. The predicted molar refractivity (Wildman–Crippen MR) is 66.1 cm³/mol. The summed E-state index contributed by atoms with van der Waals surface area (Å²) in [6, 6.07) is 0. The lowest BCUT2D eigenvalue weighted by Gasteiger charge is -2.44. The van der Waals surface area contributed by atoms with Gasteiger partial charge in [-0.2, -0.15) is 0 Å². The van der Waals surface area contributed by atoms with Crippen molar-refractivity contribution in [2.24, 2.45) is 22.7 Å². The zero-order chi connectivity index (χ0) is 12.6. The molecule has 1 fully saturated rings. The summed E-state index contributed by atoms with van der Waals surface area (Å²) < 4.78 is 5.39. The second-order valence-corrected chi connectivity index (χ2v) is 5.81. The standard InChI is InChI=1S/C14H26O2/c1-7-10(3)13(5)9-16-12(15)14(13,6)11(4)8-2/h10-11H,7-9H2,1-6H3. The van der Waals surface area contributed by atoms with Crippen LogP contribution in [0.4, 0.5) is 0 Å². The number of esters is 1. The number of carbonyl (C=O) groups is 1. The average molecular weight is 226 g/mol. The molecule has 94 valence electrons. The Bertz CT molecular complexity index is 274. The van der Waals surface area contributed by atoms with Crippen molar-refractivity contribution in [3.05, 3.63) is 0 Å². The van der Waals surface area contributed by atoms with E-state index in [2.05, 4.69) is 41.5 Å². The molecule has 0 aromatic heterocycles. The van der Waals surface area contributed by atoms with Gasteiger partial charge in [-0.05, 0) is 18.8 Å². The Kier molecular flexibility index (Phi) is 3.71. The summed E-state index contributed by atoms with van der Waals surface area (Å²) in [6.07, 6.45) is 2.12. The minimum absolute atomic E-state index is 0.00431. The first-order valence-electron chi connectivity index (χ1n) is 6.51. The zero-order valence-electron chi connectivity index (χ0n) is 11.6. The van der Waals surface area contributed by atoms with E-state index in [0.29, 0.717) is 18.4 Å². The molecule has 1 rings (SSSR count). The summed E-state index contributed by atoms with van der Waals surface area (Å²) >= 11 is 0. The van der Waals surface area contributed by atoms with Crippen LogP contribution in [-0.2, 0) is 9.53 Å². The molecule has 0 N–H and O–H groups in total. The summed E-state index contributed by atoms with van der Waals surface area (Å²) in [5, 5.41) is 0. The van der Waals surface area contributed by atoms with Crippen LogP contribution in [0, 0.1) is 22.7 Å². The van der Waals surface area contributed by atoms with Crippen molar-refractivity contribution in [3.63, 3.8) is 0 Å². The smallest absolute Gasteiger partial charge is 0.312 e. The van der Waals surface area contributed by atoms with Crippen LogP contribution in [0.2, 0.25) is 0 Å². The van der Waals surface area contributed by atoms with Gasteiger partial charge in [-0.25, -0.2) is 0 Å². The summed E-state index contributed by atoms with van der Waals surface area (Å²) in [4.78, 5) is 12.1. The maximum Gasteiger partial charge on any atom is 0.312 e. The topological polar surface area (TPSA) is 26.3 Å². The number of rotatable bonds is 4. The summed E-state index contributed by atoms with van der Waals surface area (Å²) in [7, 11) is 0. The van der Waals surface area contributed by atoms with E-state index in [4.69, 9.17) is 4.74 Å². The first-order valence-corrected chi connectivity index (χ1v) is 6.51. The van der Waals surface area contributed by atoms with Crippen LogP contribution >= 0.6 is 0 Å². The largest absolute Gasteiger partial charge is 0.465 e. The monoisotopic (exact) mass is 226 g/mol. The van der Waals surface area contributed by atoms with E-state index in [0.717, 1.165) is 12.8 Å². The van der Waals surface area contributed by atoms with Gasteiger partial charge in [0, 0.05) is 5.41 Å². The second-order valence-electron chi connectivity index (χ2n) is 5.81. The molecule has 0 bridgehead atoms. The van der Waals surface area contributed by atoms with Crippen molar-refractivity contribution < 1.29 is 9.53 Å². The van der Waals surface area contributed by atoms with Crippen LogP contribution in [0.15, 0.2) is 0 Å². The molecule has 0 amide bonds. The van der Waals surface area contributed by atoms with E-state index in [1.807, 2.05) is 0 Å². The minimum Gasteiger partial charge on any atom is -0.465 e. The Balaban J connectivity index is 3.15. The van der Waals surface area contributed by atoms with Gasteiger partial charge in [-0.3, -0.25) is 4.79 Å². The number of ether oxygens (including phenoxy) is 1. The lowest BCUT2D eigenvalue weighted by Crippen LogP contribution is -2.47. The Morgan fingerprint density at radius 3 is 2.12 bits per heavy atom. The zero-order valence-corrected chi connectivity index (χ0v) is 11.6. The van der Waals surface area contributed by atoms with Gasteiger partial charge in [0.05, 0.1) is 12.0 Å². The van der Waals surface area contributed by atoms with E-state index in [-0.39, 0.29) is 16.8 Å². The normalized spacial score (nSPS) is 38.2. The van der Waals surface area contributed by atoms with Crippen molar-refractivity contribution in [2.75, 3.05) is 6.61 Å². The van der Waals surface area contributed by atoms with Crippen LogP contribution in [-0.4, -0.2) is 12.6 Å². The van der Waals surface area contributed by atoms with Gasteiger partial charge in [-0.1, -0.05) is 47.5 Å². The molecule has 1 heterocycles. The molecule has 1 aliphatic heterocycles. The molecular weight excluding hydrogens is 200 g/mol. The average Bonchev–Trinajstić information content (AvgIpc) is 2.53. The lowest BCUT2D eigenvalue weighted by atomic mass is 9.55. The van der Waals surface area contributed by atoms with E-state index in [9.17, 15) is 4.79 Å². The molecule has 1 aliphatic rings. The third-order valence-corrected chi connectivity index (χ3v) is 5.41. The van der Waals surface area contributed by atoms with E-state index < -0.39 is 0 Å². The fourth-order valence-corrected chi connectivity index (χ4v) is 3.03. The minimum atomic E-state index is -0.322. The van der Waals surface area contributed by atoms with Crippen LogP contribution < -0.4 is 0 Å². The number of hydrogen-bond acceptors (Lipinski definition) is 2. The second kappa shape index (κ2) is 4.38. The molecule has 0 spiro atoms. The highest BCUT2D eigenvalue weighted by atomic mass is 16.5. The van der Waals surface area contributed by atoms with E-state index >= 15 is 0 Å². The first-order chi connectivity index (χ1) is 7.34. The molecule has 1 saturated heterocycles. The molecule has 0 aromatic carbocycles. The molecule has 0 aromatic rings.